The summed E-state index contributed by atoms with van der Waals surface area (Å²) >= 11 is 0. The van der Waals surface area contributed by atoms with Gasteiger partial charge in [0.15, 0.2) is 0 Å². The summed E-state index contributed by atoms with van der Waals surface area (Å²) in [6.45, 7) is 3.48. The largest absolute Gasteiger partial charge is 0.497 e. The van der Waals surface area contributed by atoms with E-state index in [9.17, 15) is 13.2 Å². The molecule has 1 rings (SSSR count). The van der Waals surface area contributed by atoms with E-state index in [1.54, 1.807) is 24.3 Å². The number of hydrogen-bond donors (Lipinski definition) is 0. The molecule has 0 aromatic heterocycles. The van der Waals surface area contributed by atoms with Crippen LogP contribution in [-0.4, -0.2) is 26.9 Å². The highest BCUT2D eigenvalue weighted by Gasteiger charge is 2.20. The third kappa shape index (κ3) is 2.70. The van der Waals surface area contributed by atoms with Crippen molar-refractivity contribution in [3.05, 3.63) is 36.4 Å². The summed E-state index contributed by atoms with van der Waals surface area (Å²) in [6.07, 6.45) is 0.865. The first-order chi connectivity index (χ1) is 7.36. The lowest BCUT2D eigenvalue weighted by Crippen LogP contribution is -2.13. The smallest absolute Gasteiger partial charge is 0.276 e. The van der Waals surface area contributed by atoms with Gasteiger partial charge in [-0.1, -0.05) is 18.7 Å². The van der Waals surface area contributed by atoms with Crippen LogP contribution in [0.2, 0.25) is 0 Å². The fourth-order valence-corrected chi connectivity index (χ4v) is 1.70. The molecule has 0 N–H and O–H groups in total. The van der Waals surface area contributed by atoms with Crippen molar-refractivity contribution >= 4 is 20.5 Å². The van der Waals surface area contributed by atoms with Crippen molar-refractivity contribution in [1.82, 2.24) is 0 Å². The van der Waals surface area contributed by atoms with Crippen LogP contribution in [0.25, 0.3) is 5.57 Å². The molecule has 0 fully saturated rings. The van der Waals surface area contributed by atoms with Gasteiger partial charge in [0.05, 0.1) is 7.11 Å². The summed E-state index contributed by atoms with van der Waals surface area (Å²) in [5.74, 6) is 0.628. The summed E-state index contributed by atoms with van der Waals surface area (Å²) < 4.78 is 27.0. The Kier molecular flexibility index (Phi) is 3.49. The number of benzene rings is 1. The van der Waals surface area contributed by atoms with E-state index in [-0.39, 0.29) is 5.57 Å². The Morgan fingerprint density at radius 3 is 2.12 bits per heavy atom. The van der Waals surface area contributed by atoms with Crippen molar-refractivity contribution in [2.75, 3.05) is 13.4 Å². The van der Waals surface area contributed by atoms with Gasteiger partial charge in [0.1, 0.15) is 5.75 Å². The van der Waals surface area contributed by atoms with Crippen molar-refractivity contribution in [1.29, 1.82) is 0 Å². The Balaban J connectivity index is 3.02. The molecule has 0 aliphatic rings. The van der Waals surface area contributed by atoms with Crippen LogP contribution in [-0.2, 0) is 14.6 Å². The number of rotatable bonds is 3. The van der Waals surface area contributed by atoms with E-state index in [4.69, 9.17) is 4.74 Å². The lowest BCUT2D eigenvalue weighted by Gasteiger charge is -2.04. The molecule has 1 aromatic rings. The molecule has 86 valence electrons. The fraction of sp³-hybridized carbons (Fsp3) is 0.182. The molecule has 0 saturated heterocycles. The van der Waals surface area contributed by atoms with Crippen molar-refractivity contribution in [2.45, 2.75) is 0 Å². The predicted octanol–water partition coefficient (Wildman–Crippen LogP) is 1.28. The first-order valence-electron chi connectivity index (χ1n) is 4.44. The molecular weight excluding hydrogens is 228 g/mol. The maximum atomic E-state index is 11.4. The Morgan fingerprint density at radius 2 is 1.75 bits per heavy atom. The zero-order chi connectivity index (χ0) is 12.3. The first-order valence-corrected chi connectivity index (χ1v) is 6.33. The zero-order valence-corrected chi connectivity index (χ0v) is 9.87. The lowest BCUT2D eigenvalue weighted by atomic mass is 10.1. The van der Waals surface area contributed by atoms with E-state index in [0.717, 1.165) is 6.26 Å². The molecular formula is C11H12O4S. The molecule has 0 bridgehead atoms. The van der Waals surface area contributed by atoms with E-state index in [0.29, 0.717) is 11.3 Å². The Labute approximate surface area is 94.5 Å². The zero-order valence-electron chi connectivity index (χ0n) is 9.06. The third-order valence-corrected chi connectivity index (χ3v) is 2.94. The molecule has 0 atom stereocenters. The van der Waals surface area contributed by atoms with Crippen LogP contribution in [0.4, 0.5) is 0 Å². The van der Waals surface area contributed by atoms with Gasteiger partial charge >= 0.3 is 0 Å². The van der Waals surface area contributed by atoms with Crippen LogP contribution in [0.1, 0.15) is 5.56 Å². The van der Waals surface area contributed by atoms with Crippen molar-refractivity contribution < 1.29 is 17.9 Å². The van der Waals surface area contributed by atoms with Crippen molar-refractivity contribution in [2.24, 2.45) is 0 Å². The number of hydrogen-bond acceptors (Lipinski definition) is 4. The Bertz CT molecular complexity index is 511. The molecule has 0 saturated carbocycles. The Hall–Kier alpha value is -1.62. The van der Waals surface area contributed by atoms with Gasteiger partial charge in [0.2, 0.25) is 9.84 Å². The second-order valence-corrected chi connectivity index (χ2v) is 5.18. The number of ether oxygens (including phenoxy) is 1. The van der Waals surface area contributed by atoms with Gasteiger partial charge in [-0.3, -0.25) is 4.79 Å². The predicted molar refractivity (Wildman–Crippen MR) is 61.9 cm³/mol. The van der Waals surface area contributed by atoms with E-state index in [1.807, 2.05) is 0 Å². The highest BCUT2D eigenvalue weighted by Crippen LogP contribution is 2.19. The summed E-state index contributed by atoms with van der Waals surface area (Å²) in [4.78, 5) is 11.4. The van der Waals surface area contributed by atoms with Crippen LogP contribution >= 0.6 is 0 Å². The quantitative estimate of drug-likeness (QED) is 0.747. The van der Waals surface area contributed by atoms with E-state index in [2.05, 4.69) is 6.58 Å². The number of methoxy groups -OCH3 is 1. The van der Waals surface area contributed by atoms with Gasteiger partial charge in [-0.15, -0.1) is 0 Å². The normalized spacial score (nSPS) is 10.9. The molecule has 0 aliphatic carbocycles. The summed E-state index contributed by atoms with van der Waals surface area (Å²) in [5.41, 5.74) is 0.432. The molecule has 0 amide bonds. The second kappa shape index (κ2) is 4.49. The Morgan fingerprint density at radius 1 is 1.25 bits per heavy atom. The topological polar surface area (TPSA) is 60.4 Å². The van der Waals surface area contributed by atoms with E-state index in [1.165, 1.54) is 7.11 Å². The van der Waals surface area contributed by atoms with Crippen LogP contribution in [0, 0.1) is 0 Å². The van der Waals surface area contributed by atoms with Crippen LogP contribution in [0.3, 0.4) is 0 Å². The average molecular weight is 240 g/mol. The van der Waals surface area contributed by atoms with Gasteiger partial charge in [-0.2, -0.15) is 0 Å². The standard InChI is InChI=1S/C11H12O4S/c1-8(11(12)16(3,13)14)9-4-6-10(15-2)7-5-9/h4-7H,1H2,2-3H3. The first kappa shape index (κ1) is 12.4. The van der Waals surface area contributed by atoms with E-state index < -0.39 is 15.0 Å². The molecule has 4 nitrogen and oxygen atoms in total. The maximum absolute atomic E-state index is 11.4. The summed E-state index contributed by atoms with van der Waals surface area (Å²) in [6, 6.07) is 6.45. The SMILES string of the molecule is C=C(C(=O)S(C)(=O)=O)c1ccc(OC)cc1. The maximum Gasteiger partial charge on any atom is 0.276 e. The summed E-state index contributed by atoms with van der Waals surface area (Å²) in [5, 5.41) is -0.960. The minimum absolute atomic E-state index is 0.0369. The van der Waals surface area contributed by atoms with Crippen molar-refractivity contribution in [3.8, 4) is 5.75 Å². The highest BCUT2D eigenvalue weighted by molar-refractivity contribution is 8.06. The molecule has 0 spiro atoms. The molecule has 0 heterocycles. The number of sulfone groups is 1. The van der Waals surface area contributed by atoms with Gasteiger partial charge in [-0.05, 0) is 17.7 Å². The molecule has 16 heavy (non-hydrogen) atoms. The van der Waals surface area contributed by atoms with E-state index >= 15 is 0 Å². The molecule has 0 aliphatic heterocycles. The lowest BCUT2D eigenvalue weighted by molar-refractivity contribution is -0.107. The molecule has 1 aromatic carbocycles. The minimum atomic E-state index is -3.74. The minimum Gasteiger partial charge on any atom is -0.497 e. The summed E-state index contributed by atoms with van der Waals surface area (Å²) in [7, 11) is -2.22. The third-order valence-electron chi connectivity index (χ3n) is 2.02. The average Bonchev–Trinajstić information content (AvgIpc) is 2.26. The van der Waals surface area contributed by atoms with Crippen LogP contribution < -0.4 is 4.74 Å². The number of carbonyl (C=O) groups excluding carboxylic acids is 1. The van der Waals surface area contributed by atoms with Crippen molar-refractivity contribution in [3.63, 3.8) is 0 Å². The monoisotopic (exact) mass is 240 g/mol. The molecule has 0 radical (unpaired) electrons. The highest BCUT2D eigenvalue weighted by atomic mass is 32.2. The van der Waals surface area contributed by atoms with Gasteiger partial charge in [-0.25, -0.2) is 8.42 Å². The fourth-order valence-electron chi connectivity index (χ4n) is 1.13. The van der Waals surface area contributed by atoms with Gasteiger partial charge < -0.3 is 4.74 Å². The van der Waals surface area contributed by atoms with Gasteiger partial charge in [0, 0.05) is 11.8 Å². The second-order valence-electron chi connectivity index (χ2n) is 3.27. The van der Waals surface area contributed by atoms with Crippen LogP contribution in [0.5, 0.6) is 5.75 Å². The molecule has 0 unspecified atom stereocenters. The van der Waals surface area contributed by atoms with Gasteiger partial charge in [0.25, 0.3) is 5.12 Å². The van der Waals surface area contributed by atoms with Crippen LogP contribution in [0.15, 0.2) is 30.8 Å². The molecule has 5 heteroatoms. The number of carbonyl (C=O) groups is 1.